The van der Waals surface area contributed by atoms with Crippen molar-refractivity contribution in [2.75, 3.05) is 13.2 Å². The van der Waals surface area contributed by atoms with Crippen LogP contribution in [0.5, 0.6) is 0 Å². The molecule has 66 valence electrons. The number of carboxylic acid groups (broad SMARTS) is 1. The molecule has 0 bridgehead atoms. The summed E-state index contributed by atoms with van der Waals surface area (Å²) in [6.07, 6.45) is -0.507. The molecule has 4 heteroatoms. The van der Waals surface area contributed by atoms with Crippen LogP contribution in [0.4, 0.5) is 4.39 Å². The first kappa shape index (κ1) is 10.4. The predicted octanol–water partition coefficient (Wildman–Crippen LogP) is 1.23. The first-order chi connectivity index (χ1) is 4.98. The maximum Gasteiger partial charge on any atom is 0.306 e. The summed E-state index contributed by atoms with van der Waals surface area (Å²) in [7, 11) is 0. The van der Waals surface area contributed by atoms with E-state index in [1.807, 2.05) is 0 Å². The van der Waals surface area contributed by atoms with Crippen molar-refractivity contribution in [3.63, 3.8) is 0 Å². The van der Waals surface area contributed by atoms with E-state index >= 15 is 0 Å². The van der Waals surface area contributed by atoms with Gasteiger partial charge in [0.1, 0.15) is 5.67 Å². The molecule has 0 saturated carbocycles. The van der Waals surface area contributed by atoms with Crippen molar-refractivity contribution < 1.29 is 19.0 Å². The number of aliphatic carboxylic acids is 1. The minimum absolute atomic E-state index is 0.157. The summed E-state index contributed by atoms with van der Waals surface area (Å²) in [5.41, 5.74) is -1.75. The topological polar surface area (TPSA) is 46.5 Å². The van der Waals surface area contributed by atoms with Gasteiger partial charge in [0, 0.05) is 6.61 Å². The van der Waals surface area contributed by atoms with Gasteiger partial charge in [0.05, 0.1) is 13.0 Å². The Morgan fingerprint density at radius 3 is 2.64 bits per heavy atom. The Morgan fingerprint density at radius 1 is 1.73 bits per heavy atom. The highest BCUT2D eigenvalue weighted by Crippen LogP contribution is 2.15. The highest BCUT2D eigenvalue weighted by molar-refractivity contribution is 5.68. The van der Waals surface area contributed by atoms with Gasteiger partial charge < -0.3 is 9.84 Å². The monoisotopic (exact) mass is 164 g/mol. The lowest BCUT2D eigenvalue weighted by Gasteiger charge is -2.16. The molecule has 0 aliphatic rings. The maximum absolute atomic E-state index is 13.0. The van der Waals surface area contributed by atoms with Crippen LogP contribution in [0.3, 0.4) is 0 Å². The molecule has 0 aromatic carbocycles. The Balaban J connectivity index is 3.70. The molecule has 11 heavy (non-hydrogen) atoms. The second-order valence-corrected chi connectivity index (χ2v) is 2.62. The van der Waals surface area contributed by atoms with Crippen LogP contribution in [0.1, 0.15) is 20.3 Å². The maximum atomic E-state index is 13.0. The molecule has 1 unspecified atom stereocenters. The van der Waals surface area contributed by atoms with Crippen molar-refractivity contribution in [2.24, 2.45) is 0 Å². The van der Waals surface area contributed by atoms with Crippen LogP contribution in [0.2, 0.25) is 0 Å². The van der Waals surface area contributed by atoms with Crippen molar-refractivity contribution in [3.8, 4) is 0 Å². The molecule has 0 aliphatic carbocycles. The van der Waals surface area contributed by atoms with Crippen molar-refractivity contribution in [1.29, 1.82) is 0 Å². The summed E-state index contributed by atoms with van der Waals surface area (Å²) >= 11 is 0. The molecular weight excluding hydrogens is 151 g/mol. The number of carbonyl (C=O) groups is 1. The SMILES string of the molecule is CCOCC(C)(F)CC(=O)O. The van der Waals surface area contributed by atoms with E-state index in [0.29, 0.717) is 6.61 Å². The van der Waals surface area contributed by atoms with Crippen LogP contribution in [-0.4, -0.2) is 30.0 Å². The Morgan fingerprint density at radius 2 is 2.27 bits per heavy atom. The fourth-order valence-corrected chi connectivity index (χ4v) is 0.681. The number of ether oxygens (including phenoxy) is 1. The van der Waals surface area contributed by atoms with Gasteiger partial charge in [-0.05, 0) is 13.8 Å². The van der Waals surface area contributed by atoms with E-state index in [1.54, 1.807) is 6.92 Å². The predicted molar refractivity (Wildman–Crippen MR) is 38.3 cm³/mol. The van der Waals surface area contributed by atoms with Gasteiger partial charge in [0.2, 0.25) is 0 Å². The first-order valence-corrected chi connectivity index (χ1v) is 3.46. The number of alkyl halides is 1. The van der Waals surface area contributed by atoms with Crippen LogP contribution >= 0.6 is 0 Å². The van der Waals surface area contributed by atoms with Crippen LogP contribution in [0, 0.1) is 0 Å². The summed E-state index contributed by atoms with van der Waals surface area (Å²) in [5.74, 6) is -1.14. The lowest BCUT2D eigenvalue weighted by molar-refractivity contribution is -0.141. The summed E-state index contributed by atoms with van der Waals surface area (Å²) in [4.78, 5) is 10.1. The van der Waals surface area contributed by atoms with Crippen LogP contribution in [0.25, 0.3) is 0 Å². The van der Waals surface area contributed by atoms with Gasteiger partial charge in [-0.1, -0.05) is 0 Å². The van der Waals surface area contributed by atoms with E-state index < -0.39 is 18.1 Å². The van der Waals surface area contributed by atoms with Crippen LogP contribution in [-0.2, 0) is 9.53 Å². The summed E-state index contributed by atoms with van der Waals surface area (Å²) in [5, 5.41) is 8.25. The molecule has 0 aliphatic heterocycles. The fraction of sp³-hybridized carbons (Fsp3) is 0.857. The van der Waals surface area contributed by atoms with Gasteiger partial charge >= 0.3 is 5.97 Å². The Kier molecular flexibility index (Phi) is 4.03. The molecule has 0 fully saturated rings. The average Bonchev–Trinajstić information content (AvgIpc) is 1.81. The number of halogens is 1. The molecule has 0 rings (SSSR count). The third-order valence-corrected chi connectivity index (χ3v) is 1.13. The second kappa shape index (κ2) is 4.28. The number of carboxylic acids is 1. The molecule has 3 nitrogen and oxygen atoms in total. The molecule has 0 heterocycles. The zero-order chi connectivity index (χ0) is 8.91. The smallest absolute Gasteiger partial charge is 0.306 e. The number of hydrogen-bond acceptors (Lipinski definition) is 2. The molecule has 1 atom stereocenters. The number of rotatable bonds is 5. The van der Waals surface area contributed by atoms with E-state index in [9.17, 15) is 9.18 Å². The molecule has 0 aromatic rings. The second-order valence-electron chi connectivity index (χ2n) is 2.62. The summed E-state index contributed by atoms with van der Waals surface area (Å²) in [6.45, 7) is 3.20. The largest absolute Gasteiger partial charge is 0.481 e. The van der Waals surface area contributed by atoms with E-state index in [0.717, 1.165) is 0 Å². The molecule has 0 radical (unpaired) electrons. The minimum atomic E-state index is -1.75. The van der Waals surface area contributed by atoms with Gasteiger partial charge in [-0.2, -0.15) is 0 Å². The van der Waals surface area contributed by atoms with Crippen LogP contribution in [0.15, 0.2) is 0 Å². The van der Waals surface area contributed by atoms with Gasteiger partial charge in [-0.3, -0.25) is 4.79 Å². The van der Waals surface area contributed by atoms with Gasteiger partial charge in [-0.15, -0.1) is 0 Å². The lowest BCUT2D eigenvalue weighted by Crippen LogP contribution is -2.28. The van der Waals surface area contributed by atoms with Gasteiger partial charge in [0.25, 0.3) is 0 Å². The van der Waals surface area contributed by atoms with Crippen LogP contribution < -0.4 is 0 Å². The third-order valence-electron chi connectivity index (χ3n) is 1.13. The van der Waals surface area contributed by atoms with Crippen molar-refractivity contribution in [1.82, 2.24) is 0 Å². The highest BCUT2D eigenvalue weighted by atomic mass is 19.1. The van der Waals surface area contributed by atoms with Crippen molar-refractivity contribution >= 4 is 5.97 Å². The van der Waals surface area contributed by atoms with Crippen molar-refractivity contribution in [3.05, 3.63) is 0 Å². The number of hydrogen-bond donors (Lipinski definition) is 1. The highest BCUT2D eigenvalue weighted by Gasteiger charge is 2.26. The average molecular weight is 164 g/mol. The Hall–Kier alpha value is -0.640. The quantitative estimate of drug-likeness (QED) is 0.664. The van der Waals surface area contributed by atoms with E-state index in [1.165, 1.54) is 6.92 Å². The third kappa shape index (κ3) is 5.79. The van der Waals surface area contributed by atoms with Gasteiger partial charge in [-0.25, -0.2) is 4.39 Å². The zero-order valence-electron chi connectivity index (χ0n) is 6.76. The standard InChI is InChI=1S/C7H13FO3/c1-3-11-5-7(2,8)4-6(9)10/h3-5H2,1-2H3,(H,9,10). The Bertz CT molecular complexity index is 134. The zero-order valence-corrected chi connectivity index (χ0v) is 6.76. The van der Waals surface area contributed by atoms with E-state index in [4.69, 9.17) is 9.84 Å². The van der Waals surface area contributed by atoms with Crippen molar-refractivity contribution in [2.45, 2.75) is 25.9 Å². The normalized spacial score (nSPS) is 15.9. The summed E-state index contributed by atoms with van der Waals surface area (Å²) in [6, 6.07) is 0. The fourth-order valence-electron chi connectivity index (χ4n) is 0.681. The lowest BCUT2D eigenvalue weighted by atomic mass is 10.1. The Labute approximate surface area is 65.2 Å². The summed E-state index contributed by atoms with van der Waals surface area (Å²) < 4.78 is 17.8. The molecule has 0 aromatic heterocycles. The molecule has 0 amide bonds. The van der Waals surface area contributed by atoms with E-state index in [-0.39, 0.29) is 6.61 Å². The van der Waals surface area contributed by atoms with Gasteiger partial charge in [0.15, 0.2) is 0 Å². The molecule has 0 saturated heterocycles. The van der Waals surface area contributed by atoms with E-state index in [2.05, 4.69) is 0 Å². The molecule has 1 N–H and O–H groups in total. The molecule has 0 spiro atoms. The minimum Gasteiger partial charge on any atom is -0.481 e. The first-order valence-electron chi connectivity index (χ1n) is 3.46. The molecular formula is C7H13FO3.